The zero-order valence-corrected chi connectivity index (χ0v) is 11.2. The molecule has 2 heterocycles. The fourth-order valence-corrected chi connectivity index (χ4v) is 3.16. The molecule has 2 atom stereocenters. The average Bonchev–Trinajstić information content (AvgIpc) is 3.02. The van der Waals surface area contributed by atoms with Gasteiger partial charge in [0.15, 0.2) is 0 Å². The zero-order valence-electron chi connectivity index (χ0n) is 11.2. The smallest absolute Gasteiger partial charge is 0.255 e. The first-order chi connectivity index (χ1) is 9.62. The molecule has 1 aromatic rings. The first-order valence-electron chi connectivity index (χ1n) is 6.91. The largest absolute Gasteiger partial charge is 0.368 e. The maximum absolute atomic E-state index is 12.6. The van der Waals surface area contributed by atoms with Crippen molar-refractivity contribution in [2.75, 3.05) is 6.61 Å². The van der Waals surface area contributed by atoms with Gasteiger partial charge in [-0.05, 0) is 18.4 Å². The predicted octanol–water partition coefficient (Wildman–Crippen LogP) is 0.822. The lowest BCUT2D eigenvalue weighted by atomic mass is 9.96. The molecule has 20 heavy (non-hydrogen) atoms. The molecule has 2 aliphatic rings. The van der Waals surface area contributed by atoms with Crippen molar-refractivity contribution in [2.24, 2.45) is 5.73 Å². The first-order valence-corrected chi connectivity index (χ1v) is 6.91. The lowest BCUT2D eigenvalue weighted by molar-refractivity contribution is -0.146. The molecule has 2 aliphatic heterocycles. The van der Waals surface area contributed by atoms with Gasteiger partial charge in [-0.2, -0.15) is 0 Å². The van der Waals surface area contributed by atoms with E-state index in [4.69, 9.17) is 10.5 Å². The van der Waals surface area contributed by atoms with Gasteiger partial charge in [-0.1, -0.05) is 30.3 Å². The van der Waals surface area contributed by atoms with Crippen molar-refractivity contribution >= 4 is 11.8 Å². The Morgan fingerprint density at radius 1 is 1.40 bits per heavy atom. The second-order valence-electron chi connectivity index (χ2n) is 5.49. The van der Waals surface area contributed by atoms with E-state index in [1.165, 1.54) is 0 Å². The number of carbonyl (C=O) groups excluding carboxylic acids is 2. The number of benzene rings is 1. The Balaban J connectivity index is 1.87. The molecule has 3 rings (SSSR count). The monoisotopic (exact) mass is 274 g/mol. The minimum absolute atomic E-state index is 0.0948. The number of primary amides is 1. The molecular formula is C15H18N2O3. The van der Waals surface area contributed by atoms with Gasteiger partial charge in [0.25, 0.3) is 5.91 Å². The third-order valence-electron chi connectivity index (χ3n) is 4.18. The molecule has 2 N–H and O–H groups in total. The minimum Gasteiger partial charge on any atom is -0.368 e. The van der Waals surface area contributed by atoms with Crippen LogP contribution >= 0.6 is 0 Å². The molecule has 1 spiro atoms. The fraction of sp³-hybridized carbons (Fsp3) is 0.467. The van der Waals surface area contributed by atoms with Crippen molar-refractivity contribution in [3.05, 3.63) is 35.9 Å². The summed E-state index contributed by atoms with van der Waals surface area (Å²) in [6.07, 6.45) is 1.92. The summed E-state index contributed by atoms with van der Waals surface area (Å²) in [4.78, 5) is 25.9. The number of amides is 2. The van der Waals surface area contributed by atoms with Crippen LogP contribution in [-0.4, -0.2) is 35.0 Å². The quantitative estimate of drug-likeness (QED) is 0.887. The van der Waals surface area contributed by atoms with E-state index in [1.807, 2.05) is 30.3 Å². The van der Waals surface area contributed by atoms with Crippen molar-refractivity contribution in [3.8, 4) is 0 Å². The van der Waals surface area contributed by atoms with Crippen LogP contribution < -0.4 is 5.73 Å². The van der Waals surface area contributed by atoms with Gasteiger partial charge >= 0.3 is 0 Å². The van der Waals surface area contributed by atoms with E-state index in [0.29, 0.717) is 26.0 Å². The van der Waals surface area contributed by atoms with Crippen molar-refractivity contribution in [1.29, 1.82) is 0 Å². The molecule has 2 fully saturated rings. The van der Waals surface area contributed by atoms with Gasteiger partial charge in [0.2, 0.25) is 5.91 Å². The van der Waals surface area contributed by atoms with Gasteiger partial charge in [-0.3, -0.25) is 9.59 Å². The maximum Gasteiger partial charge on any atom is 0.255 e. The summed E-state index contributed by atoms with van der Waals surface area (Å²) >= 11 is 0. The lowest BCUT2D eigenvalue weighted by Gasteiger charge is -2.23. The highest BCUT2D eigenvalue weighted by Crippen LogP contribution is 2.40. The number of carbonyl (C=O) groups is 2. The van der Waals surface area contributed by atoms with Crippen LogP contribution in [0.4, 0.5) is 0 Å². The molecule has 0 saturated carbocycles. The highest BCUT2D eigenvalue weighted by Gasteiger charge is 2.55. The van der Waals surface area contributed by atoms with Gasteiger partial charge in [0, 0.05) is 19.6 Å². The zero-order chi connectivity index (χ0) is 14.2. The minimum atomic E-state index is -0.811. The number of hydrogen-bond donors (Lipinski definition) is 1. The molecule has 0 aromatic heterocycles. The molecule has 0 radical (unpaired) electrons. The Hall–Kier alpha value is -1.88. The summed E-state index contributed by atoms with van der Waals surface area (Å²) in [7, 11) is 0. The summed E-state index contributed by atoms with van der Waals surface area (Å²) in [5.41, 5.74) is 5.64. The van der Waals surface area contributed by atoms with Crippen molar-refractivity contribution in [3.63, 3.8) is 0 Å². The topological polar surface area (TPSA) is 72.6 Å². The van der Waals surface area contributed by atoms with Crippen LogP contribution in [-0.2, 0) is 20.9 Å². The standard InChI is InChI=1S/C15H18N2O3/c16-13(18)12-9-15(7-4-8-20-15)14(19)17(12)10-11-5-2-1-3-6-11/h1-3,5-6,12H,4,7-10H2,(H2,16,18)/t12-,15+/m1/s1. The summed E-state index contributed by atoms with van der Waals surface area (Å²) < 4.78 is 5.66. The first kappa shape index (κ1) is 13.1. The number of ether oxygens (including phenoxy) is 1. The van der Waals surface area contributed by atoms with Gasteiger partial charge < -0.3 is 15.4 Å². The molecular weight excluding hydrogens is 256 g/mol. The molecule has 0 bridgehead atoms. The molecule has 1 aromatic carbocycles. The van der Waals surface area contributed by atoms with E-state index in [0.717, 1.165) is 12.0 Å². The molecule has 2 saturated heterocycles. The molecule has 5 heteroatoms. The summed E-state index contributed by atoms with van der Waals surface area (Å²) in [5.74, 6) is -0.552. The van der Waals surface area contributed by atoms with Crippen molar-refractivity contribution in [1.82, 2.24) is 4.90 Å². The predicted molar refractivity (Wildman–Crippen MR) is 72.5 cm³/mol. The van der Waals surface area contributed by atoms with Crippen LogP contribution in [0.1, 0.15) is 24.8 Å². The highest BCUT2D eigenvalue weighted by atomic mass is 16.5. The molecule has 0 unspecified atom stereocenters. The lowest BCUT2D eigenvalue weighted by Crippen LogP contribution is -2.43. The third kappa shape index (κ3) is 2.08. The molecule has 0 aliphatic carbocycles. The SMILES string of the molecule is NC(=O)[C@H]1C[C@@]2(CCCO2)C(=O)N1Cc1ccccc1. The Labute approximate surface area is 117 Å². The second kappa shape index (κ2) is 4.90. The Kier molecular flexibility index (Phi) is 3.22. The number of hydrogen-bond acceptors (Lipinski definition) is 3. The summed E-state index contributed by atoms with van der Waals surface area (Å²) in [6.45, 7) is 0.981. The fourth-order valence-electron chi connectivity index (χ4n) is 3.16. The van der Waals surface area contributed by atoms with Gasteiger partial charge in [0.1, 0.15) is 11.6 Å². The van der Waals surface area contributed by atoms with Crippen LogP contribution in [0.15, 0.2) is 30.3 Å². The second-order valence-corrected chi connectivity index (χ2v) is 5.49. The summed E-state index contributed by atoms with van der Waals surface area (Å²) in [6, 6.07) is 9.05. The van der Waals surface area contributed by atoms with E-state index in [9.17, 15) is 9.59 Å². The Morgan fingerprint density at radius 2 is 2.15 bits per heavy atom. The van der Waals surface area contributed by atoms with Crippen LogP contribution in [0.25, 0.3) is 0 Å². The molecule has 106 valence electrons. The van der Waals surface area contributed by atoms with Gasteiger partial charge in [0.05, 0.1) is 0 Å². The van der Waals surface area contributed by atoms with Gasteiger partial charge in [-0.15, -0.1) is 0 Å². The summed E-state index contributed by atoms with van der Waals surface area (Å²) in [5, 5.41) is 0. The van der Waals surface area contributed by atoms with Crippen LogP contribution in [0.2, 0.25) is 0 Å². The van der Waals surface area contributed by atoms with Gasteiger partial charge in [-0.25, -0.2) is 0 Å². The van der Waals surface area contributed by atoms with E-state index >= 15 is 0 Å². The average molecular weight is 274 g/mol. The van der Waals surface area contributed by atoms with E-state index in [1.54, 1.807) is 4.90 Å². The molecule has 5 nitrogen and oxygen atoms in total. The van der Waals surface area contributed by atoms with Crippen molar-refractivity contribution < 1.29 is 14.3 Å². The highest BCUT2D eigenvalue weighted by molar-refractivity contribution is 5.95. The van der Waals surface area contributed by atoms with E-state index in [-0.39, 0.29) is 5.91 Å². The number of rotatable bonds is 3. The maximum atomic E-state index is 12.6. The van der Waals surface area contributed by atoms with Crippen LogP contribution in [0, 0.1) is 0 Å². The van der Waals surface area contributed by atoms with Crippen LogP contribution in [0.5, 0.6) is 0 Å². The van der Waals surface area contributed by atoms with E-state index < -0.39 is 17.6 Å². The Morgan fingerprint density at radius 3 is 2.75 bits per heavy atom. The van der Waals surface area contributed by atoms with Crippen molar-refractivity contribution in [2.45, 2.75) is 37.5 Å². The number of nitrogens with two attached hydrogens (primary N) is 1. The third-order valence-corrected chi connectivity index (χ3v) is 4.18. The van der Waals surface area contributed by atoms with E-state index in [2.05, 4.69) is 0 Å². The normalized spacial score (nSPS) is 29.3. The molecule has 2 amide bonds. The number of nitrogens with zero attached hydrogens (tertiary/aromatic N) is 1. The Bertz CT molecular complexity index is 523. The van der Waals surface area contributed by atoms with Crippen LogP contribution in [0.3, 0.4) is 0 Å². The number of likely N-dealkylation sites (tertiary alicyclic amines) is 1.